The first kappa shape index (κ1) is 10.7. The van der Waals surface area contributed by atoms with E-state index in [0.717, 1.165) is 12.0 Å². The summed E-state index contributed by atoms with van der Waals surface area (Å²) in [7, 11) is 0. The molecule has 0 spiro atoms. The Morgan fingerprint density at radius 2 is 1.83 bits per heavy atom. The first-order chi connectivity index (χ1) is 5.34. The summed E-state index contributed by atoms with van der Waals surface area (Å²) in [6.45, 7) is 7.61. The molecule has 0 bridgehead atoms. The Bertz CT molecular complexity index is 244. The van der Waals surface area contributed by atoms with E-state index in [2.05, 4.69) is 25.3 Å². The van der Waals surface area contributed by atoms with E-state index in [1.54, 1.807) is 0 Å². The van der Waals surface area contributed by atoms with Crippen LogP contribution in [0, 0.1) is 7.43 Å². The minimum atomic E-state index is 0. The molecule has 0 nitrogen and oxygen atoms in total. The fourth-order valence-corrected chi connectivity index (χ4v) is 0.966. The smallest absolute Gasteiger partial charge is 0 e. The van der Waals surface area contributed by atoms with Crippen molar-refractivity contribution in [2.24, 2.45) is 0 Å². The van der Waals surface area contributed by atoms with Gasteiger partial charge in [0, 0.05) is 7.43 Å². The van der Waals surface area contributed by atoms with Crippen molar-refractivity contribution in [3.63, 3.8) is 0 Å². The molecule has 60 valence electrons. The number of benzene rings is 1. The molecule has 0 heterocycles. The highest BCUT2D eigenvalue weighted by atomic mass is 14.0. The minimum Gasteiger partial charge on any atom is -0.103 e. The van der Waals surface area contributed by atoms with Crippen LogP contribution in [0.4, 0.5) is 0 Å². The summed E-state index contributed by atoms with van der Waals surface area (Å²) in [5.41, 5.74) is 2.33. The van der Waals surface area contributed by atoms with Crippen molar-refractivity contribution < 1.29 is 0 Å². The maximum absolute atomic E-state index is 3.94. The van der Waals surface area contributed by atoms with Gasteiger partial charge in [0.15, 0.2) is 0 Å². The maximum atomic E-state index is 3.94. The molecule has 0 aliphatic heterocycles. The standard InChI is InChI=1S/C11H12.C/c1-3-7-10(2)11-8-5-4-6-9-11;/h3-6,8-9H,1-2,7H2;. The highest BCUT2D eigenvalue weighted by Crippen LogP contribution is 2.14. The number of hydrogen-bond acceptors (Lipinski definition) is 0. The Balaban J connectivity index is 0.00000121. The number of rotatable bonds is 3. The molecule has 0 saturated heterocycles. The minimum absolute atomic E-state index is 0. The second-order valence-corrected chi connectivity index (χ2v) is 2.46. The molecule has 1 aromatic rings. The lowest BCUT2D eigenvalue weighted by Crippen LogP contribution is -1.78. The molecule has 1 aromatic carbocycles. The Morgan fingerprint density at radius 3 is 2.33 bits per heavy atom. The third-order valence-corrected chi connectivity index (χ3v) is 1.57. The topological polar surface area (TPSA) is 0 Å². The van der Waals surface area contributed by atoms with Crippen LogP contribution >= 0.6 is 0 Å². The molecule has 0 fully saturated rings. The molecule has 0 saturated carbocycles. The number of hydrogen-bond donors (Lipinski definition) is 0. The van der Waals surface area contributed by atoms with Gasteiger partial charge in [-0.3, -0.25) is 0 Å². The van der Waals surface area contributed by atoms with E-state index in [9.17, 15) is 0 Å². The van der Waals surface area contributed by atoms with Crippen molar-refractivity contribution in [1.82, 2.24) is 0 Å². The third-order valence-electron chi connectivity index (χ3n) is 1.57. The fraction of sp³-hybridized carbons (Fsp3) is 0.0833. The van der Waals surface area contributed by atoms with E-state index in [0.29, 0.717) is 0 Å². The van der Waals surface area contributed by atoms with Crippen molar-refractivity contribution >= 4 is 5.57 Å². The molecule has 0 aliphatic rings. The predicted molar refractivity (Wildman–Crippen MR) is 53.5 cm³/mol. The monoisotopic (exact) mass is 156 g/mol. The molecule has 12 heavy (non-hydrogen) atoms. The number of allylic oxidation sites excluding steroid dienone is 2. The summed E-state index contributed by atoms with van der Waals surface area (Å²) in [6, 6.07) is 10.2. The fourth-order valence-electron chi connectivity index (χ4n) is 0.966. The summed E-state index contributed by atoms with van der Waals surface area (Å²) < 4.78 is 0. The van der Waals surface area contributed by atoms with Crippen LogP contribution < -0.4 is 0 Å². The van der Waals surface area contributed by atoms with Crippen LogP contribution in [-0.4, -0.2) is 0 Å². The van der Waals surface area contributed by atoms with Crippen LogP contribution in [0.2, 0.25) is 0 Å². The Hall–Kier alpha value is -1.30. The van der Waals surface area contributed by atoms with Crippen LogP contribution in [0.1, 0.15) is 12.0 Å². The average molecular weight is 156 g/mol. The Labute approximate surface area is 75.2 Å². The van der Waals surface area contributed by atoms with Crippen LogP contribution in [0.3, 0.4) is 0 Å². The second-order valence-electron chi connectivity index (χ2n) is 2.46. The molecule has 0 aromatic heterocycles. The van der Waals surface area contributed by atoms with Crippen LogP contribution in [0.25, 0.3) is 5.57 Å². The highest BCUT2D eigenvalue weighted by molar-refractivity contribution is 5.64. The molecule has 0 atom stereocenters. The Kier molecular flexibility index (Phi) is 4.78. The van der Waals surface area contributed by atoms with Gasteiger partial charge in [-0.25, -0.2) is 0 Å². The van der Waals surface area contributed by atoms with Gasteiger partial charge in [-0.2, -0.15) is 0 Å². The molecule has 0 unspecified atom stereocenters. The van der Waals surface area contributed by atoms with E-state index >= 15 is 0 Å². The van der Waals surface area contributed by atoms with Gasteiger partial charge in [-0.15, -0.1) is 6.58 Å². The van der Waals surface area contributed by atoms with E-state index in [1.807, 2.05) is 24.3 Å². The summed E-state index contributed by atoms with van der Waals surface area (Å²) >= 11 is 0. The van der Waals surface area contributed by atoms with Crippen molar-refractivity contribution in [3.05, 3.63) is 62.6 Å². The van der Waals surface area contributed by atoms with Gasteiger partial charge in [0.1, 0.15) is 0 Å². The van der Waals surface area contributed by atoms with Gasteiger partial charge in [-0.1, -0.05) is 43.0 Å². The SMILES string of the molecule is C=CCC(=C)c1ccccc1.[C]. The zero-order chi connectivity index (χ0) is 8.10. The summed E-state index contributed by atoms with van der Waals surface area (Å²) in [6.07, 6.45) is 2.74. The molecule has 0 N–H and O–H groups in total. The van der Waals surface area contributed by atoms with Crippen molar-refractivity contribution in [3.8, 4) is 0 Å². The Morgan fingerprint density at radius 1 is 1.25 bits per heavy atom. The van der Waals surface area contributed by atoms with Crippen molar-refractivity contribution in [2.45, 2.75) is 6.42 Å². The maximum Gasteiger partial charge on any atom is 0 e. The van der Waals surface area contributed by atoms with E-state index in [-0.39, 0.29) is 7.43 Å². The summed E-state index contributed by atoms with van der Waals surface area (Å²) in [5.74, 6) is 0. The third kappa shape index (κ3) is 2.75. The largest absolute Gasteiger partial charge is 0.103 e. The van der Waals surface area contributed by atoms with Gasteiger partial charge in [0.25, 0.3) is 0 Å². The average Bonchev–Trinajstić information content (AvgIpc) is 2.07. The molecule has 4 radical (unpaired) electrons. The predicted octanol–water partition coefficient (Wildman–Crippen LogP) is 3.36. The molecule has 0 amide bonds. The quantitative estimate of drug-likeness (QED) is 0.589. The van der Waals surface area contributed by atoms with E-state index in [1.165, 1.54) is 5.56 Å². The normalized spacial score (nSPS) is 8.33. The van der Waals surface area contributed by atoms with Gasteiger partial charge in [0.2, 0.25) is 0 Å². The lowest BCUT2D eigenvalue weighted by Gasteiger charge is -2.00. The van der Waals surface area contributed by atoms with Gasteiger partial charge >= 0.3 is 0 Å². The van der Waals surface area contributed by atoms with Gasteiger partial charge in [0.05, 0.1) is 0 Å². The van der Waals surface area contributed by atoms with Crippen LogP contribution in [0.5, 0.6) is 0 Å². The van der Waals surface area contributed by atoms with E-state index < -0.39 is 0 Å². The first-order valence-corrected chi connectivity index (χ1v) is 3.68. The van der Waals surface area contributed by atoms with Gasteiger partial charge < -0.3 is 0 Å². The molecular weight excluding hydrogens is 144 g/mol. The molecule has 0 heteroatoms. The highest BCUT2D eigenvalue weighted by Gasteiger charge is 1.92. The van der Waals surface area contributed by atoms with Crippen LogP contribution in [0.15, 0.2) is 49.6 Å². The first-order valence-electron chi connectivity index (χ1n) is 3.68. The van der Waals surface area contributed by atoms with Crippen molar-refractivity contribution in [2.75, 3.05) is 0 Å². The molecule has 1 rings (SSSR count). The van der Waals surface area contributed by atoms with Crippen LogP contribution in [-0.2, 0) is 0 Å². The van der Waals surface area contributed by atoms with E-state index in [4.69, 9.17) is 0 Å². The summed E-state index contributed by atoms with van der Waals surface area (Å²) in [5, 5.41) is 0. The molecular formula is C12H12. The second kappa shape index (κ2) is 5.36. The summed E-state index contributed by atoms with van der Waals surface area (Å²) in [4.78, 5) is 0. The zero-order valence-electron chi connectivity index (χ0n) is 7.09. The molecule has 0 aliphatic carbocycles. The lowest BCUT2D eigenvalue weighted by molar-refractivity contribution is 1.41. The zero-order valence-corrected chi connectivity index (χ0v) is 7.09. The lowest BCUT2D eigenvalue weighted by atomic mass is 10.1. The van der Waals surface area contributed by atoms with Crippen molar-refractivity contribution in [1.29, 1.82) is 0 Å². The van der Waals surface area contributed by atoms with Gasteiger partial charge in [-0.05, 0) is 17.6 Å².